The largest absolute Gasteiger partial charge is 0.347 e. The SMILES string of the molecule is N#CCN1CCC[C@@H](c2cccc(Nc3nc(C(=O)NCc4ccccc4)cs3)n2)C1. The van der Waals surface area contributed by atoms with Gasteiger partial charge in [-0.25, -0.2) is 9.97 Å². The second kappa shape index (κ2) is 10.2. The highest BCUT2D eigenvalue weighted by Gasteiger charge is 2.22. The zero-order valence-electron chi connectivity index (χ0n) is 17.1. The Hall–Kier alpha value is -3.28. The highest BCUT2D eigenvalue weighted by atomic mass is 32.1. The van der Waals surface area contributed by atoms with Gasteiger partial charge in [-0.1, -0.05) is 36.4 Å². The lowest BCUT2D eigenvalue weighted by atomic mass is 9.94. The van der Waals surface area contributed by atoms with Crippen molar-refractivity contribution in [3.05, 3.63) is 70.9 Å². The third kappa shape index (κ3) is 5.66. The smallest absolute Gasteiger partial charge is 0.271 e. The van der Waals surface area contributed by atoms with Gasteiger partial charge in [-0.3, -0.25) is 9.69 Å². The van der Waals surface area contributed by atoms with E-state index in [2.05, 4.69) is 26.6 Å². The molecule has 0 bridgehead atoms. The molecule has 0 radical (unpaired) electrons. The number of nitriles is 1. The van der Waals surface area contributed by atoms with Crippen LogP contribution in [-0.2, 0) is 6.54 Å². The highest BCUT2D eigenvalue weighted by Crippen LogP contribution is 2.27. The van der Waals surface area contributed by atoms with Crippen LogP contribution in [0.2, 0.25) is 0 Å². The van der Waals surface area contributed by atoms with Crippen molar-refractivity contribution in [1.82, 2.24) is 20.2 Å². The van der Waals surface area contributed by atoms with Crippen LogP contribution in [0.3, 0.4) is 0 Å². The molecule has 0 saturated carbocycles. The van der Waals surface area contributed by atoms with Crippen molar-refractivity contribution in [2.24, 2.45) is 0 Å². The van der Waals surface area contributed by atoms with Crippen molar-refractivity contribution in [3.8, 4) is 6.07 Å². The van der Waals surface area contributed by atoms with Crippen LogP contribution in [0.5, 0.6) is 0 Å². The summed E-state index contributed by atoms with van der Waals surface area (Å²) >= 11 is 1.38. The number of hydrogen-bond acceptors (Lipinski definition) is 7. The molecule has 2 aromatic heterocycles. The van der Waals surface area contributed by atoms with Gasteiger partial charge in [0.2, 0.25) is 0 Å². The van der Waals surface area contributed by atoms with Crippen molar-refractivity contribution >= 4 is 28.2 Å². The number of carbonyl (C=O) groups is 1. The van der Waals surface area contributed by atoms with Crippen molar-refractivity contribution < 1.29 is 4.79 Å². The first-order chi connectivity index (χ1) is 15.2. The fourth-order valence-electron chi connectivity index (χ4n) is 3.70. The molecule has 1 fully saturated rings. The summed E-state index contributed by atoms with van der Waals surface area (Å²) in [6.07, 6.45) is 2.14. The number of benzene rings is 1. The van der Waals surface area contributed by atoms with E-state index in [9.17, 15) is 4.79 Å². The fourth-order valence-corrected chi connectivity index (χ4v) is 4.40. The normalized spacial score (nSPS) is 16.4. The zero-order valence-corrected chi connectivity index (χ0v) is 17.9. The summed E-state index contributed by atoms with van der Waals surface area (Å²) in [5, 5.41) is 17.4. The number of nitrogens with zero attached hydrogens (tertiary/aromatic N) is 4. The number of thiazole rings is 1. The molecule has 1 aliphatic rings. The van der Waals surface area contributed by atoms with Crippen molar-refractivity contribution in [3.63, 3.8) is 0 Å². The van der Waals surface area contributed by atoms with Gasteiger partial charge in [-0.2, -0.15) is 5.26 Å². The quantitative estimate of drug-likeness (QED) is 0.550. The van der Waals surface area contributed by atoms with Crippen molar-refractivity contribution in [2.75, 3.05) is 25.0 Å². The maximum Gasteiger partial charge on any atom is 0.271 e. The molecule has 3 aromatic rings. The second-order valence-corrected chi connectivity index (χ2v) is 8.37. The molecule has 3 heterocycles. The van der Waals surface area contributed by atoms with E-state index in [1.165, 1.54) is 11.3 Å². The van der Waals surface area contributed by atoms with E-state index in [0.29, 0.717) is 35.7 Å². The van der Waals surface area contributed by atoms with Gasteiger partial charge < -0.3 is 10.6 Å². The van der Waals surface area contributed by atoms with E-state index in [1.54, 1.807) is 5.38 Å². The molecule has 7 nitrogen and oxygen atoms in total. The Morgan fingerprint density at radius 1 is 1.19 bits per heavy atom. The highest BCUT2D eigenvalue weighted by molar-refractivity contribution is 7.14. The fraction of sp³-hybridized carbons (Fsp3) is 0.304. The molecule has 8 heteroatoms. The molecule has 1 aliphatic heterocycles. The third-order valence-corrected chi connectivity index (χ3v) is 6.01. The van der Waals surface area contributed by atoms with Gasteiger partial charge in [0.1, 0.15) is 11.5 Å². The average molecular weight is 433 g/mol. The average Bonchev–Trinajstić information content (AvgIpc) is 3.27. The van der Waals surface area contributed by atoms with Crippen LogP contribution in [0, 0.1) is 11.3 Å². The summed E-state index contributed by atoms with van der Waals surface area (Å²) in [7, 11) is 0. The second-order valence-electron chi connectivity index (χ2n) is 7.51. The number of hydrogen-bond donors (Lipinski definition) is 2. The van der Waals surface area contributed by atoms with Crippen LogP contribution in [0.25, 0.3) is 0 Å². The lowest BCUT2D eigenvalue weighted by Gasteiger charge is -2.30. The van der Waals surface area contributed by atoms with E-state index in [4.69, 9.17) is 10.2 Å². The topological polar surface area (TPSA) is 93.9 Å². The Labute approximate surface area is 185 Å². The molecule has 1 atom stereocenters. The molecule has 0 spiro atoms. The Kier molecular flexibility index (Phi) is 6.87. The molecular formula is C23H24N6OS. The number of piperidine rings is 1. The molecule has 0 unspecified atom stereocenters. The molecule has 2 N–H and O–H groups in total. The number of nitrogens with one attached hydrogen (secondary N) is 2. The van der Waals surface area contributed by atoms with E-state index < -0.39 is 0 Å². The number of aromatic nitrogens is 2. The summed E-state index contributed by atoms with van der Waals surface area (Å²) in [6.45, 7) is 2.75. The predicted octanol–water partition coefficient (Wildman–Crippen LogP) is 3.91. The monoisotopic (exact) mass is 432 g/mol. The molecule has 1 amide bonds. The maximum atomic E-state index is 12.4. The summed E-state index contributed by atoms with van der Waals surface area (Å²) in [5.41, 5.74) is 2.45. The van der Waals surface area contributed by atoms with E-state index in [-0.39, 0.29) is 5.91 Å². The van der Waals surface area contributed by atoms with Gasteiger partial charge in [-0.15, -0.1) is 11.3 Å². The minimum absolute atomic E-state index is 0.199. The molecule has 158 valence electrons. The number of pyridine rings is 1. The van der Waals surface area contributed by atoms with Crippen LogP contribution in [0.1, 0.15) is 40.5 Å². The van der Waals surface area contributed by atoms with Crippen LogP contribution in [0.15, 0.2) is 53.9 Å². The number of rotatable bonds is 7. The van der Waals surface area contributed by atoms with Gasteiger partial charge >= 0.3 is 0 Å². The molecule has 1 aromatic carbocycles. The van der Waals surface area contributed by atoms with Crippen molar-refractivity contribution in [1.29, 1.82) is 5.26 Å². The summed E-state index contributed by atoms with van der Waals surface area (Å²) in [5.74, 6) is 0.828. The standard InChI is InChI=1S/C23H24N6OS/c24-11-13-29-12-5-8-18(15-29)19-9-4-10-21(26-19)28-23-27-20(16-31-23)22(30)25-14-17-6-2-1-3-7-17/h1-4,6-7,9-10,16,18H,5,8,12-15H2,(H,25,30)(H,26,27,28)/t18-/m1/s1. The Morgan fingerprint density at radius 3 is 2.90 bits per heavy atom. The van der Waals surface area contributed by atoms with Gasteiger partial charge in [0, 0.05) is 30.1 Å². The minimum atomic E-state index is -0.199. The van der Waals surface area contributed by atoms with Crippen LogP contribution >= 0.6 is 11.3 Å². The number of anilines is 2. The van der Waals surface area contributed by atoms with E-state index in [0.717, 1.165) is 37.2 Å². The van der Waals surface area contributed by atoms with E-state index in [1.807, 2.05) is 48.5 Å². The lowest BCUT2D eigenvalue weighted by Crippen LogP contribution is -2.34. The molecule has 4 rings (SSSR count). The lowest BCUT2D eigenvalue weighted by molar-refractivity contribution is 0.0946. The van der Waals surface area contributed by atoms with Gasteiger partial charge in [0.15, 0.2) is 5.13 Å². The Balaban J connectivity index is 1.37. The van der Waals surface area contributed by atoms with Gasteiger partial charge in [0.25, 0.3) is 5.91 Å². The van der Waals surface area contributed by atoms with Crippen LogP contribution in [0.4, 0.5) is 10.9 Å². The Bertz CT molecular complexity index is 1060. The molecule has 0 aliphatic carbocycles. The van der Waals surface area contributed by atoms with Gasteiger partial charge in [-0.05, 0) is 37.1 Å². The van der Waals surface area contributed by atoms with Gasteiger partial charge in [0.05, 0.1) is 12.6 Å². The number of carbonyl (C=O) groups excluding carboxylic acids is 1. The predicted molar refractivity (Wildman–Crippen MR) is 121 cm³/mol. The Morgan fingerprint density at radius 2 is 2.06 bits per heavy atom. The molecular weight excluding hydrogens is 408 g/mol. The minimum Gasteiger partial charge on any atom is -0.347 e. The first-order valence-corrected chi connectivity index (χ1v) is 11.2. The maximum absolute atomic E-state index is 12.4. The summed E-state index contributed by atoms with van der Waals surface area (Å²) in [6, 6.07) is 17.9. The first-order valence-electron chi connectivity index (χ1n) is 10.3. The number of amides is 1. The van der Waals surface area contributed by atoms with Crippen LogP contribution < -0.4 is 10.6 Å². The first kappa shape index (κ1) is 21.0. The molecule has 31 heavy (non-hydrogen) atoms. The third-order valence-electron chi connectivity index (χ3n) is 5.26. The summed E-state index contributed by atoms with van der Waals surface area (Å²) in [4.78, 5) is 23.7. The summed E-state index contributed by atoms with van der Waals surface area (Å²) < 4.78 is 0. The molecule has 1 saturated heterocycles. The van der Waals surface area contributed by atoms with E-state index >= 15 is 0 Å². The van der Waals surface area contributed by atoms with Crippen molar-refractivity contribution in [2.45, 2.75) is 25.3 Å². The zero-order chi connectivity index (χ0) is 21.5. The number of likely N-dealkylation sites (tertiary alicyclic amines) is 1. The van der Waals surface area contributed by atoms with Crippen LogP contribution in [-0.4, -0.2) is 40.4 Å².